The smallest absolute Gasteiger partial charge is 0.408 e. The molecule has 0 heterocycles. The van der Waals surface area contributed by atoms with Crippen LogP contribution in [-0.2, 0) is 20.9 Å². The molecule has 4 aromatic carbocycles. The van der Waals surface area contributed by atoms with Gasteiger partial charge in [-0.15, -0.1) is 0 Å². The lowest BCUT2D eigenvalue weighted by molar-refractivity contribution is -0.128. The molecule has 11 heteroatoms. The highest BCUT2D eigenvalue weighted by Crippen LogP contribution is 2.30. The molecule has 0 fully saturated rings. The molecule has 0 unspecified atom stereocenters. The SMILES string of the molecule is CC(C)[C@H](NC(=O)OCc1ccccc1)C(=O)N[C@@H](CCCNC(N)=O)C(=O)Nc1ccc(Oc2cccc3ccccc23)cc1. The average molecular weight is 626 g/mol. The topological polar surface area (TPSA) is 161 Å². The number of benzene rings is 4. The molecule has 11 nitrogen and oxygen atoms in total. The summed E-state index contributed by atoms with van der Waals surface area (Å²) in [5, 5.41) is 12.7. The largest absolute Gasteiger partial charge is 0.457 e. The van der Waals surface area contributed by atoms with E-state index >= 15 is 0 Å². The molecule has 4 rings (SSSR count). The van der Waals surface area contributed by atoms with Gasteiger partial charge in [0.05, 0.1) is 0 Å². The fourth-order valence-electron chi connectivity index (χ4n) is 4.72. The first-order chi connectivity index (χ1) is 22.2. The van der Waals surface area contributed by atoms with E-state index in [0.29, 0.717) is 23.6 Å². The highest BCUT2D eigenvalue weighted by molar-refractivity contribution is 5.98. The average Bonchev–Trinajstić information content (AvgIpc) is 3.05. The molecular formula is C35H39N5O6. The minimum Gasteiger partial charge on any atom is -0.457 e. The normalized spacial score (nSPS) is 12.1. The molecule has 240 valence electrons. The molecule has 0 aliphatic heterocycles. The van der Waals surface area contributed by atoms with Gasteiger partial charge in [0.25, 0.3) is 0 Å². The molecule has 0 spiro atoms. The number of hydrogen-bond acceptors (Lipinski definition) is 6. The molecule has 0 bridgehead atoms. The second-order valence-corrected chi connectivity index (χ2v) is 11.0. The summed E-state index contributed by atoms with van der Waals surface area (Å²) < 4.78 is 11.4. The lowest BCUT2D eigenvalue weighted by atomic mass is 10.0. The van der Waals surface area contributed by atoms with Gasteiger partial charge < -0.3 is 36.5 Å². The summed E-state index contributed by atoms with van der Waals surface area (Å²) in [5.74, 6) is -0.0298. The van der Waals surface area contributed by atoms with Gasteiger partial charge in [0.2, 0.25) is 11.8 Å². The fraction of sp³-hybridized carbons (Fsp3) is 0.257. The maximum absolute atomic E-state index is 13.4. The number of nitrogens with one attached hydrogen (secondary N) is 4. The molecule has 0 aliphatic carbocycles. The summed E-state index contributed by atoms with van der Waals surface area (Å²) in [6.45, 7) is 3.81. The Morgan fingerprint density at radius 1 is 0.783 bits per heavy atom. The minimum atomic E-state index is -0.975. The van der Waals surface area contributed by atoms with Crippen molar-refractivity contribution in [2.24, 2.45) is 11.7 Å². The molecule has 0 saturated carbocycles. The number of nitrogens with two attached hydrogens (primary N) is 1. The van der Waals surface area contributed by atoms with Crippen LogP contribution in [0.5, 0.6) is 11.5 Å². The molecule has 0 aliphatic rings. The van der Waals surface area contributed by atoms with Crippen molar-refractivity contribution in [1.29, 1.82) is 0 Å². The van der Waals surface area contributed by atoms with Crippen LogP contribution in [0.2, 0.25) is 0 Å². The number of fused-ring (bicyclic) bond motifs is 1. The van der Waals surface area contributed by atoms with E-state index in [4.69, 9.17) is 15.2 Å². The van der Waals surface area contributed by atoms with E-state index in [-0.39, 0.29) is 25.5 Å². The Balaban J connectivity index is 1.39. The first-order valence-corrected chi connectivity index (χ1v) is 15.1. The third kappa shape index (κ3) is 9.98. The molecular weight excluding hydrogens is 586 g/mol. The standard InChI is InChI=1S/C35H39N5O6/c1-23(2)31(40-35(44)45-22-24-10-4-3-5-11-24)33(42)39-29(15-9-21-37-34(36)43)32(41)38-26-17-19-27(20-18-26)46-30-16-8-13-25-12-6-7-14-28(25)30/h3-8,10-14,16-20,23,29,31H,9,15,21-22H2,1-2H3,(H,38,41)(H,39,42)(H,40,44)(H3,36,37,43)/t29-,31-/m0/s1. The van der Waals surface area contributed by atoms with E-state index in [1.807, 2.05) is 72.8 Å². The van der Waals surface area contributed by atoms with Crippen LogP contribution in [0.4, 0.5) is 15.3 Å². The van der Waals surface area contributed by atoms with Crippen LogP contribution < -0.4 is 31.7 Å². The highest BCUT2D eigenvalue weighted by Gasteiger charge is 2.29. The summed E-state index contributed by atoms with van der Waals surface area (Å²) in [4.78, 5) is 50.4. The summed E-state index contributed by atoms with van der Waals surface area (Å²) >= 11 is 0. The van der Waals surface area contributed by atoms with Crippen molar-refractivity contribution < 1.29 is 28.7 Å². The van der Waals surface area contributed by atoms with Crippen molar-refractivity contribution in [3.63, 3.8) is 0 Å². The van der Waals surface area contributed by atoms with Crippen molar-refractivity contribution in [3.8, 4) is 11.5 Å². The van der Waals surface area contributed by atoms with E-state index in [1.165, 1.54) is 0 Å². The third-order valence-electron chi connectivity index (χ3n) is 7.14. The molecule has 6 N–H and O–H groups in total. The summed E-state index contributed by atoms with van der Waals surface area (Å²) in [6, 6.07) is 27.2. The fourth-order valence-corrected chi connectivity index (χ4v) is 4.72. The second-order valence-electron chi connectivity index (χ2n) is 11.0. The van der Waals surface area contributed by atoms with E-state index < -0.39 is 36.0 Å². The van der Waals surface area contributed by atoms with Crippen LogP contribution in [0.1, 0.15) is 32.3 Å². The number of amides is 5. The van der Waals surface area contributed by atoms with Crippen molar-refractivity contribution in [3.05, 3.63) is 103 Å². The zero-order chi connectivity index (χ0) is 32.9. The Kier molecular flexibility index (Phi) is 11.9. The third-order valence-corrected chi connectivity index (χ3v) is 7.14. The molecule has 46 heavy (non-hydrogen) atoms. The number of urea groups is 1. The van der Waals surface area contributed by atoms with Crippen LogP contribution in [0.15, 0.2) is 97.1 Å². The molecule has 4 aromatic rings. The quantitative estimate of drug-likeness (QED) is 0.117. The number of anilines is 1. The van der Waals surface area contributed by atoms with Gasteiger partial charge in [0.1, 0.15) is 30.2 Å². The van der Waals surface area contributed by atoms with E-state index in [1.54, 1.807) is 38.1 Å². The predicted molar refractivity (Wildman–Crippen MR) is 176 cm³/mol. The van der Waals surface area contributed by atoms with Crippen LogP contribution in [-0.4, -0.2) is 42.6 Å². The minimum absolute atomic E-state index is 0.0444. The lowest BCUT2D eigenvalue weighted by Gasteiger charge is -2.25. The van der Waals surface area contributed by atoms with Gasteiger partial charge in [-0.3, -0.25) is 9.59 Å². The first-order valence-electron chi connectivity index (χ1n) is 15.1. The molecule has 0 saturated heterocycles. The predicted octanol–water partition coefficient (Wildman–Crippen LogP) is 5.45. The zero-order valence-corrected chi connectivity index (χ0v) is 25.8. The van der Waals surface area contributed by atoms with Crippen molar-refractivity contribution in [1.82, 2.24) is 16.0 Å². The van der Waals surface area contributed by atoms with Gasteiger partial charge >= 0.3 is 12.1 Å². The van der Waals surface area contributed by atoms with Crippen molar-refractivity contribution in [2.45, 2.75) is 45.4 Å². The number of alkyl carbamates (subject to hydrolysis) is 1. The van der Waals surface area contributed by atoms with Gasteiger partial charge in [0.15, 0.2) is 0 Å². The Morgan fingerprint density at radius 3 is 2.20 bits per heavy atom. The second kappa shape index (κ2) is 16.5. The van der Waals surface area contributed by atoms with Gasteiger partial charge in [-0.2, -0.15) is 0 Å². The summed E-state index contributed by atoms with van der Waals surface area (Å²) in [7, 11) is 0. The number of hydrogen-bond donors (Lipinski definition) is 5. The first kappa shape index (κ1) is 33.3. The molecule has 2 atom stereocenters. The molecule has 0 radical (unpaired) electrons. The Labute approximate surface area is 267 Å². The van der Waals surface area contributed by atoms with E-state index in [9.17, 15) is 19.2 Å². The van der Waals surface area contributed by atoms with Crippen molar-refractivity contribution in [2.75, 3.05) is 11.9 Å². The molecule has 0 aromatic heterocycles. The lowest BCUT2D eigenvalue weighted by Crippen LogP contribution is -2.54. The van der Waals surface area contributed by atoms with Crippen molar-refractivity contribution >= 4 is 40.4 Å². The van der Waals surface area contributed by atoms with Crippen LogP contribution in [0.3, 0.4) is 0 Å². The number of rotatable bonds is 14. The van der Waals surface area contributed by atoms with E-state index in [2.05, 4.69) is 21.3 Å². The van der Waals surface area contributed by atoms with Crippen LogP contribution in [0.25, 0.3) is 10.8 Å². The monoisotopic (exact) mass is 625 g/mol. The van der Waals surface area contributed by atoms with Gasteiger partial charge in [-0.05, 0) is 60.0 Å². The number of ether oxygens (including phenoxy) is 2. The maximum Gasteiger partial charge on any atom is 0.408 e. The van der Waals surface area contributed by atoms with Gasteiger partial charge in [-0.25, -0.2) is 9.59 Å². The summed E-state index contributed by atoms with van der Waals surface area (Å²) in [6.07, 6.45) is -0.198. The number of carbonyl (C=O) groups excluding carboxylic acids is 4. The molecule has 5 amide bonds. The number of primary amides is 1. The van der Waals surface area contributed by atoms with Crippen LogP contribution in [0, 0.1) is 5.92 Å². The van der Waals surface area contributed by atoms with Gasteiger partial charge in [0, 0.05) is 17.6 Å². The maximum atomic E-state index is 13.4. The zero-order valence-electron chi connectivity index (χ0n) is 25.8. The van der Waals surface area contributed by atoms with Gasteiger partial charge in [-0.1, -0.05) is 80.6 Å². The summed E-state index contributed by atoms with van der Waals surface area (Å²) in [5.41, 5.74) is 6.46. The highest BCUT2D eigenvalue weighted by atomic mass is 16.5. The Bertz CT molecular complexity index is 1620. The Hall–Kier alpha value is -5.58. The van der Waals surface area contributed by atoms with E-state index in [0.717, 1.165) is 16.3 Å². The number of carbonyl (C=O) groups is 4. The van der Waals surface area contributed by atoms with Crippen LogP contribution >= 0.6 is 0 Å². The Morgan fingerprint density at radius 2 is 1.48 bits per heavy atom.